The molecule has 0 fully saturated rings. The Balaban J connectivity index is 1.46. The first-order chi connectivity index (χ1) is 12.6. The molecule has 2 heterocycles. The number of aryl methyl sites for hydroxylation is 1. The number of nitrogens with zero attached hydrogens (tertiary/aromatic N) is 3. The number of aromatic nitrogens is 4. The summed E-state index contributed by atoms with van der Waals surface area (Å²) in [5.74, 6) is 0.0223. The SMILES string of the molecule is Cc1ccc(NC(=O)CSc2nnc3c(n2)[nH]c2ccccc23)cc1Cl. The van der Waals surface area contributed by atoms with Crippen molar-refractivity contribution in [2.45, 2.75) is 12.1 Å². The number of carbonyl (C=O) groups excluding carboxylic acids is 1. The third-order valence-corrected chi connectivity index (χ3v) is 5.14. The molecule has 8 heteroatoms. The average molecular weight is 384 g/mol. The highest BCUT2D eigenvalue weighted by Crippen LogP contribution is 2.24. The molecule has 0 aliphatic carbocycles. The maximum atomic E-state index is 12.1. The summed E-state index contributed by atoms with van der Waals surface area (Å²) in [4.78, 5) is 19.8. The van der Waals surface area contributed by atoms with E-state index in [1.54, 1.807) is 6.07 Å². The molecule has 0 radical (unpaired) electrons. The molecule has 1 amide bonds. The Labute approximate surface area is 158 Å². The van der Waals surface area contributed by atoms with Gasteiger partial charge in [0, 0.05) is 21.6 Å². The van der Waals surface area contributed by atoms with Crippen molar-refractivity contribution >= 4 is 57.0 Å². The highest BCUT2D eigenvalue weighted by molar-refractivity contribution is 7.99. The molecule has 130 valence electrons. The van der Waals surface area contributed by atoms with Crippen molar-refractivity contribution < 1.29 is 4.79 Å². The maximum absolute atomic E-state index is 12.1. The summed E-state index contributed by atoms with van der Waals surface area (Å²) >= 11 is 7.30. The van der Waals surface area contributed by atoms with E-state index in [1.165, 1.54) is 11.8 Å². The van der Waals surface area contributed by atoms with Crippen LogP contribution in [0.1, 0.15) is 5.56 Å². The number of carbonyl (C=O) groups is 1. The van der Waals surface area contributed by atoms with Gasteiger partial charge >= 0.3 is 0 Å². The molecule has 6 nitrogen and oxygen atoms in total. The van der Waals surface area contributed by atoms with Gasteiger partial charge in [0.25, 0.3) is 0 Å². The summed E-state index contributed by atoms with van der Waals surface area (Å²) in [6, 6.07) is 13.2. The first-order valence-corrected chi connectivity index (χ1v) is 9.26. The minimum Gasteiger partial charge on any atom is -0.338 e. The predicted molar refractivity (Wildman–Crippen MR) is 105 cm³/mol. The van der Waals surface area contributed by atoms with Crippen LogP contribution in [0.15, 0.2) is 47.6 Å². The number of halogens is 1. The second kappa shape index (κ2) is 6.93. The number of nitrogens with one attached hydrogen (secondary N) is 2. The fraction of sp³-hybridized carbons (Fsp3) is 0.111. The van der Waals surface area contributed by atoms with Crippen LogP contribution >= 0.6 is 23.4 Å². The van der Waals surface area contributed by atoms with E-state index in [-0.39, 0.29) is 11.7 Å². The number of anilines is 1. The van der Waals surface area contributed by atoms with Crippen molar-refractivity contribution in [3.8, 4) is 0 Å². The van der Waals surface area contributed by atoms with Crippen molar-refractivity contribution in [2.24, 2.45) is 0 Å². The Hall–Kier alpha value is -2.64. The number of fused-ring (bicyclic) bond motifs is 3. The number of benzene rings is 2. The molecular weight excluding hydrogens is 370 g/mol. The molecule has 0 saturated heterocycles. The van der Waals surface area contributed by atoms with Crippen LogP contribution in [0.25, 0.3) is 22.1 Å². The van der Waals surface area contributed by atoms with Crippen LogP contribution in [-0.4, -0.2) is 31.8 Å². The predicted octanol–water partition coefficient (Wildman–Crippen LogP) is 4.20. The third-order valence-electron chi connectivity index (χ3n) is 3.89. The lowest BCUT2D eigenvalue weighted by Gasteiger charge is -2.06. The summed E-state index contributed by atoms with van der Waals surface area (Å²) < 4.78 is 0. The highest BCUT2D eigenvalue weighted by Gasteiger charge is 2.11. The minimum absolute atomic E-state index is 0.157. The number of amides is 1. The number of rotatable bonds is 4. The van der Waals surface area contributed by atoms with Gasteiger partial charge in [-0.05, 0) is 30.7 Å². The van der Waals surface area contributed by atoms with Crippen LogP contribution in [0.4, 0.5) is 5.69 Å². The molecule has 0 aliphatic rings. The summed E-state index contributed by atoms with van der Waals surface area (Å²) in [6.07, 6.45) is 0. The first kappa shape index (κ1) is 16.8. The number of aromatic amines is 1. The van der Waals surface area contributed by atoms with Gasteiger partial charge in [0.15, 0.2) is 5.65 Å². The summed E-state index contributed by atoms with van der Waals surface area (Å²) in [5, 5.41) is 13.2. The van der Waals surface area contributed by atoms with Gasteiger partial charge in [-0.15, -0.1) is 10.2 Å². The molecule has 0 atom stereocenters. The van der Waals surface area contributed by atoms with Crippen LogP contribution < -0.4 is 5.32 Å². The molecule has 4 rings (SSSR count). The molecule has 2 aromatic heterocycles. The van der Waals surface area contributed by atoms with Gasteiger partial charge < -0.3 is 10.3 Å². The van der Waals surface area contributed by atoms with Gasteiger partial charge in [-0.2, -0.15) is 0 Å². The van der Waals surface area contributed by atoms with E-state index in [0.29, 0.717) is 21.5 Å². The van der Waals surface area contributed by atoms with Crippen LogP contribution in [0.2, 0.25) is 5.02 Å². The summed E-state index contributed by atoms with van der Waals surface area (Å²) in [5.41, 5.74) is 3.97. The minimum atomic E-state index is -0.157. The van der Waals surface area contributed by atoms with Crippen molar-refractivity contribution in [2.75, 3.05) is 11.1 Å². The highest BCUT2D eigenvalue weighted by atomic mass is 35.5. The van der Waals surface area contributed by atoms with E-state index in [1.807, 2.05) is 43.3 Å². The third kappa shape index (κ3) is 3.36. The lowest BCUT2D eigenvalue weighted by atomic mass is 10.2. The summed E-state index contributed by atoms with van der Waals surface area (Å²) in [7, 11) is 0. The van der Waals surface area contributed by atoms with Crippen LogP contribution in [0, 0.1) is 6.92 Å². The zero-order valence-electron chi connectivity index (χ0n) is 13.8. The number of H-pyrrole nitrogens is 1. The van der Waals surface area contributed by atoms with Gasteiger partial charge in [0.05, 0.1) is 5.75 Å². The largest absolute Gasteiger partial charge is 0.338 e. The van der Waals surface area contributed by atoms with Gasteiger partial charge in [0.1, 0.15) is 5.52 Å². The van der Waals surface area contributed by atoms with Gasteiger partial charge in [-0.1, -0.05) is 47.6 Å². The monoisotopic (exact) mass is 383 g/mol. The van der Waals surface area contributed by atoms with Crippen molar-refractivity contribution in [3.05, 3.63) is 53.1 Å². The van der Waals surface area contributed by atoms with Crippen molar-refractivity contribution in [1.29, 1.82) is 0 Å². The lowest BCUT2D eigenvalue weighted by molar-refractivity contribution is -0.113. The Morgan fingerprint density at radius 1 is 1.23 bits per heavy atom. The molecule has 0 saturated carbocycles. The molecule has 0 bridgehead atoms. The van der Waals surface area contributed by atoms with E-state index in [0.717, 1.165) is 22.0 Å². The van der Waals surface area contributed by atoms with E-state index >= 15 is 0 Å². The van der Waals surface area contributed by atoms with Crippen molar-refractivity contribution in [3.63, 3.8) is 0 Å². The van der Waals surface area contributed by atoms with Crippen molar-refractivity contribution in [1.82, 2.24) is 20.2 Å². The lowest BCUT2D eigenvalue weighted by Crippen LogP contribution is -2.14. The Kier molecular flexibility index (Phi) is 4.48. The van der Waals surface area contributed by atoms with E-state index in [9.17, 15) is 4.79 Å². The molecule has 2 N–H and O–H groups in total. The molecule has 4 aromatic rings. The number of para-hydroxylation sites is 1. The molecular formula is C18H14ClN5OS. The first-order valence-electron chi connectivity index (χ1n) is 7.90. The average Bonchev–Trinajstić information content (AvgIpc) is 3.01. The number of thioether (sulfide) groups is 1. The summed E-state index contributed by atoms with van der Waals surface area (Å²) in [6.45, 7) is 1.91. The van der Waals surface area contributed by atoms with E-state index in [4.69, 9.17) is 11.6 Å². The number of hydrogen-bond acceptors (Lipinski definition) is 5. The normalized spacial score (nSPS) is 11.2. The Morgan fingerprint density at radius 2 is 2.08 bits per heavy atom. The van der Waals surface area contributed by atoms with Gasteiger partial charge in [-0.3, -0.25) is 4.79 Å². The Bertz CT molecular complexity index is 1130. The second-order valence-corrected chi connectivity index (χ2v) is 7.11. The topological polar surface area (TPSA) is 83.6 Å². The Morgan fingerprint density at radius 3 is 2.92 bits per heavy atom. The van der Waals surface area contributed by atoms with Gasteiger partial charge in [-0.25, -0.2) is 4.98 Å². The molecule has 2 aromatic carbocycles. The second-order valence-electron chi connectivity index (χ2n) is 5.76. The van der Waals surface area contributed by atoms with Gasteiger partial charge in [0.2, 0.25) is 11.1 Å². The zero-order valence-corrected chi connectivity index (χ0v) is 15.4. The zero-order chi connectivity index (χ0) is 18.1. The smallest absolute Gasteiger partial charge is 0.234 e. The fourth-order valence-corrected chi connectivity index (χ4v) is 3.33. The van der Waals surface area contributed by atoms with Crippen LogP contribution in [0.5, 0.6) is 0 Å². The van der Waals surface area contributed by atoms with Crippen LogP contribution in [-0.2, 0) is 4.79 Å². The molecule has 26 heavy (non-hydrogen) atoms. The molecule has 0 aliphatic heterocycles. The maximum Gasteiger partial charge on any atom is 0.234 e. The van der Waals surface area contributed by atoms with E-state index in [2.05, 4.69) is 25.5 Å². The van der Waals surface area contributed by atoms with Crippen LogP contribution in [0.3, 0.4) is 0 Å². The molecule has 0 spiro atoms. The molecule has 0 unspecified atom stereocenters. The standard InChI is InChI=1S/C18H14ClN5OS/c1-10-6-7-11(8-13(10)19)20-15(25)9-26-18-22-17-16(23-24-18)12-4-2-3-5-14(12)21-17/h2-8H,9H2,1H3,(H,20,25)(H,21,22,24). The van der Waals surface area contributed by atoms with E-state index < -0.39 is 0 Å². The number of hydrogen-bond donors (Lipinski definition) is 2. The quantitative estimate of drug-likeness (QED) is 0.516. The fourth-order valence-electron chi connectivity index (χ4n) is 2.56.